The van der Waals surface area contributed by atoms with Gasteiger partial charge in [0.05, 0.1) is 0 Å². The van der Waals surface area contributed by atoms with Crippen molar-refractivity contribution in [3.8, 4) is 79.0 Å². The largest absolute Gasteiger partial charge is 0.456 e. The van der Waals surface area contributed by atoms with Crippen molar-refractivity contribution in [2.24, 2.45) is 0 Å². The fourth-order valence-corrected chi connectivity index (χ4v) is 7.17. The Morgan fingerprint density at radius 2 is 0.902 bits per heavy atom. The van der Waals surface area contributed by atoms with Crippen LogP contribution in [-0.4, -0.2) is 15.0 Å². The minimum absolute atomic E-state index is 0.608. The van der Waals surface area contributed by atoms with Crippen molar-refractivity contribution in [2.75, 3.05) is 0 Å². The highest BCUT2D eigenvalue weighted by atomic mass is 16.5. The van der Waals surface area contributed by atoms with Crippen molar-refractivity contribution in [2.45, 2.75) is 0 Å². The minimum Gasteiger partial charge on any atom is -0.456 e. The van der Waals surface area contributed by atoms with Crippen LogP contribution in [-0.2, 0) is 0 Å². The molecule has 1 aliphatic rings. The molecule has 9 aromatic rings. The average Bonchev–Trinajstić information content (AvgIpc) is 3.21. The highest BCUT2D eigenvalue weighted by molar-refractivity contribution is 6.10. The normalized spacial score (nSPS) is 11.7. The summed E-state index contributed by atoms with van der Waals surface area (Å²) in [7, 11) is 0. The molecule has 0 unspecified atom stereocenters. The number of nitrogens with zero attached hydrogens (tertiary/aromatic N) is 3. The average molecular weight is 652 g/mol. The van der Waals surface area contributed by atoms with Gasteiger partial charge in [0.1, 0.15) is 11.5 Å². The second kappa shape index (κ2) is 11.9. The molecule has 0 bridgehead atoms. The molecule has 0 radical (unpaired) electrons. The molecule has 2 heterocycles. The van der Waals surface area contributed by atoms with Gasteiger partial charge in [0.25, 0.3) is 0 Å². The molecule has 0 fully saturated rings. The first kappa shape index (κ1) is 29.0. The summed E-state index contributed by atoms with van der Waals surface area (Å²) in [6.45, 7) is 0. The quantitative estimate of drug-likeness (QED) is 0.186. The van der Waals surface area contributed by atoms with Gasteiger partial charge < -0.3 is 4.74 Å². The Kier molecular flexibility index (Phi) is 6.78. The maximum absolute atomic E-state index is 6.54. The van der Waals surface area contributed by atoms with Crippen LogP contribution in [0.5, 0.6) is 11.5 Å². The maximum Gasteiger partial charge on any atom is 0.164 e. The van der Waals surface area contributed by atoms with E-state index in [4.69, 9.17) is 19.7 Å². The summed E-state index contributed by atoms with van der Waals surface area (Å²) in [6.07, 6.45) is 0. The third-order valence-electron chi connectivity index (χ3n) is 9.73. The SMILES string of the molecule is c1ccc(-c2nc(-c3ccc(-c4ccc5ccccc5c4)cc3)nc(-c3ccc4c(c3)-c3cccc5c(-c6ccccc6)ccc(c35)O4)n2)cc1. The zero-order chi connectivity index (χ0) is 33.7. The van der Waals surface area contributed by atoms with Crippen LogP contribution in [0.15, 0.2) is 176 Å². The van der Waals surface area contributed by atoms with Gasteiger partial charge in [-0.05, 0) is 74.3 Å². The van der Waals surface area contributed by atoms with Crippen molar-refractivity contribution in [3.63, 3.8) is 0 Å². The molecule has 0 saturated heterocycles. The molecule has 0 N–H and O–H groups in total. The van der Waals surface area contributed by atoms with E-state index in [1.54, 1.807) is 0 Å². The molecule has 51 heavy (non-hydrogen) atoms. The first-order chi connectivity index (χ1) is 25.2. The highest BCUT2D eigenvalue weighted by Crippen LogP contribution is 2.49. The lowest BCUT2D eigenvalue weighted by atomic mass is 9.90. The van der Waals surface area contributed by atoms with Crippen LogP contribution in [0.25, 0.3) is 89.1 Å². The molecular weight excluding hydrogens is 623 g/mol. The Labute approximate surface area is 295 Å². The van der Waals surface area contributed by atoms with Gasteiger partial charge in [0, 0.05) is 27.6 Å². The summed E-state index contributed by atoms with van der Waals surface area (Å²) in [5.41, 5.74) is 9.57. The number of hydrogen-bond donors (Lipinski definition) is 0. The smallest absolute Gasteiger partial charge is 0.164 e. The van der Waals surface area contributed by atoms with E-state index >= 15 is 0 Å². The van der Waals surface area contributed by atoms with E-state index in [2.05, 4.69) is 127 Å². The van der Waals surface area contributed by atoms with Gasteiger partial charge in [-0.3, -0.25) is 0 Å². The van der Waals surface area contributed by atoms with Crippen LogP contribution in [0.1, 0.15) is 0 Å². The van der Waals surface area contributed by atoms with Crippen LogP contribution in [0.4, 0.5) is 0 Å². The van der Waals surface area contributed by atoms with Gasteiger partial charge in [-0.2, -0.15) is 0 Å². The molecule has 0 aliphatic carbocycles. The van der Waals surface area contributed by atoms with Crippen molar-refractivity contribution in [3.05, 3.63) is 176 Å². The van der Waals surface area contributed by atoms with Crippen molar-refractivity contribution >= 4 is 21.5 Å². The summed E-state index contributed by atoms with van der Waals surface area (Å²) >= 11 is 0. The fourth-order valence-electron chi connectivity index (χ4n) is 7.17. The van der Waals surface area contributed by atoms with Crippen molar-refractivity contribution in [1.29, 1.82) is 0 Å². The zero-order valence-electron chi connectivity index (χ0n) is 27.5. The van der Waals surface area contributed by atoms with E-state index in [1.165, 1.54) is 27.5 Å². The molecule has 1 aromatic heterocycles. The number of fused-ring (bicyclic) bond motifs is 3. The van der Waals surface area contributed by atoms with Crippen LogP contribution in [0, 0.1) is 0 Å². The second-order valence-electron chi connectivity index (χ2n) is 12.8. The van der Waals surface area contributed by atoms with Gasteiger partial charge in [-0.15, -0.1) is 0 Å². The number of benzene rings is 8. The van der Waals surface area contributed by atoms with Crippen LogP contribution in [0.3, 0.4) is 0 Å². The fraction of sp³-hybridized carbons (Fsp3) is 0. The lowest BCUT2D eigenvalue weighted by molar-refractivity contribution is 0.487. The third kappa shape index (κ3) is 5.13. The van der Waals surface area contributed by atoms with Crippen molar-refractivity contribution < 1.29 is 4.74 Å². The van der Waals surface area contributed by atoms with Gasteiger partial charge in [0.15, 0.2) is 17.5 Å². The van der Waals surface area contributed by atoms with E-state index in [-0.39, 0.29) is 0 Å². The molecule has 0 spiro atoms. The standard InChI is InChI=1S/C47H29N3O/c1-3-11-32(12-4-1)38-25-27-43-44-39(38)16-9-17-40(44)41-29-37(24-26-42(41)51-43)47-49-45(33-13-5-2-6-14-33)48-46(50-47)34-21-18-31(19-22-34)36-23-20-30-10-7-8-15-35(30)28-36/h1-29H. The first-order valence-electron chi connectivity index (χ1n) is 17.1. The molecule has 1 aliphatic heterocycles. The summed E-state index contributed by atoms with van der Waals surface area (Å²) < 4.78 is 6.54. The van der Waals surface area contributed by atoms with Gasteiger partial charge in [-0.25, -0.2) is 15.0 Å². The Morgan fingerprint density at radius 1 is 0.314 bits per heavy atom. The minimum atomic E-state index is 0.608. The Morgan fingerprint density at radius 3 is 1.67 bits per heavy atom. The second-order valence-corrected chi connectivity index (χ2v) is 12.8. The molecule has 0 saturated carbocycles. The molecule has 0 atom stereocenters. The predicted octanol–water partition coefficient (Wildman–Crippen LogP) is 12.3. The molecule has 4 heteroatoms. The number of rotatable bonds is 5. The predicted molar refractivity (Wildman–Crippen MR) is 208 cm³/mol. The topological polar surface area (TPSA) is 47.9 Å². The summed E-state index contributed by atoms with van der Waals surface area (Å²) in [5.74, 6) is 3.53. The highest BCUT2D eigenvalue weighted by Gasteiger charge is 2.23. The Hall–Kier alpha value is -6.91. The van der Waals surface area contributed by atoms with Crippen LogP contribution >= 0.6 is 0 Å². The summed E-state index contributed by atoms with van der Waals surface area (Å²) in [4.78, 5) is 15.1. The van der Waals surface area contributed by atoms with Crippen LogP contribution < -0.4 is 4.74 Å². The third-order valence-corrected chi connectivity index (χ3v) is 9.73. The lowest BCUT2D eigenvalue weighted by Crippen LogP contribution is -2.02. The van der Waals surface area contributed by atoms with Gasteiger partial charge in [-0.1, -0.05) is 146 Å². The molecule has 8 aromatic carbocycles. The van der Waals surface area contributed by atoms with Crippen LogP contribution in [0.2, 0.25) is 0 Å². The molecule has 10 rings (SSSR count). The maximum atomic E-state index is 6.54. The molecule has 238 valence electrons. The molecule has 0 amide bonds. The Balaban J connectivity index is 1.08. The van der Waals surface area contributed by atoms with Crippen molar-refractivity contribution in [1.82, 2.24) is 15.0 Å². The number of ether oxygens (including phenoxy) is 1. The monoisotopic (exact) mass is 651 g/mol. The summed E-state index contributed by atoms with van der Waals surface area (Å²) in [5, 5.41) is 4.72. The van der Waals surface area contributed by atoms with E-state index in [0.717, 1.165) is 55.7 Å². The number of aromatic nitrogens is 3. The van der Waals surface area contributed by atoms with E-state index in [1.807, 2.05) is 48.5 Å². The molecule has 4 nitrogen and oxygen atoms in total. The number of hydrogen-bond acceptors (Lipinski definition) is 4. The lowest BCUT2D eigenvalue weighted by Gasteiger charge is -2.23. The zero-order valence-corrected chi connectivity index (χ0v) is 27.5. The van der Waals surface area contributed by atoms with E-state index < -0.39 is 0 Å². The van der Waals surface area contributed by atoms with E-state index in [9.17, 15) is 0 Å². The van der Waals surface area contributed by atoms with Gasteiger partial charge in [0.2, 0.25) is 0 Å². The van der Waals surface area contributed by atoms with Gasteiger partial charge >= 0.3 is 0 Å². The van der Waals surface area contributed by atoms with E-state index in [0.29, 0.717) is 17.5 Å². The first-order valence-corrected chi connectivity index (χ1v) is 17.1. The Bertz CT molecular complexity index is 2760. The molecular formula is C47H29N3O. The summed E-state index contributed by atoms with van der Waals surface area (Å²) in [6, 6.07) is 61.1.